The third-order valence-corrected chi connectivity index (χ3v) is 19.2. The largest absolute Gasteiger partial charge is 0.481 e. The number of carboxylic acid groups (broad SMARTS) is 1. The Labute approximate surface area is 589 Å². The molecule has 0 rings (SSSR count). The van der Waals surface area contributed by atoms with Gasteiger partial charge in [-0.05, 0) is 56.8 Å². The lowest BCUT2D eigenvalue weighted by molar-refractivity contribution is -0.157. The smallest absolute Gasteiger partial charge is 0.306 e. The van der Waals surface area contributed by atoms with E-state index in [1.807, 2.05) is 6.92 Å². The number of nitrogens with one attached hydrogen (secondary N) is 3. The number of carboxylic acids is 1. The molecule has 0 fully saturated rings. The van der Waals surface area contributed by atoms with Gasteiger partial charge in [0.1, 0.15) is 18.8 Å². The second-order valence-electron chi connectivity index (χ2n) is 28.9. The fourth-order valence-electron chi connectivity index (χ4n) is 11.8. The van der Waals surface area contributed by atoms with Gasteiger partial charge in [-0.2, -0.15) is 11.8 Å². The predicted molar refractivity (Wildman–Crippen MR) is 387 cm³/mol. The molecule has 0 aliphatic heterocycles. The summed E-state index contributed by atoms with van der Waals surface area (Å²) in [5.41, 5.74) is 11.0. The molecule has 0 bridgehead atoms. The molecule has 0 aliphatic rings. The number of esters is 2. The quantitative estimate of drug-likeness (QED) is 0.0220. The van der Waals surface area contributed by atoms with Crippen molar-refractivity contribution in [2.75, 3.05) is 24.7 Å². The SMILES string of the molecule is CCCCC[C@@H](CC(=O)[C@@H](C)NC(=O)[C@@H](CCC(N)=O)CC(=O)[C@@H](CO)NC(=O)[C@@H](CC(N)=O)CC(=O)C(CSCC(COC(=O)CCCCCCCCCCCC(C)C)OC(=O)CCCCCCCCCCCC(C)C)NC(=O)CCCCCCCCCCCC(C)C)C(=O)O. The number of ether oxygens (including phenoxy) is 2. The number of ketones is 3. The number of amides is 5. The third kappa shape index (κ3) is 53.6. The lowest BCUT2D eigenvalue weighted by Crippen LogP contribution is -2.49. The van der Waals surface area contributed by atoms with Gasteiger partial charge in [0.05, 0.1) is 30.5 Å². The molecule has 0 saturated heterocycles. The van der Waals surface area contributed by atoms with Crippen molar-refractivity contribution in [1.82, 2.24) is 16.0 Å². The topological polar surface area (TPSA) is 335 Å². The van der Waals surface area contributed by atoms with Crippen molar-refractivity contribution >= 4 is 76.6 Å². The van der Waals surface area contributed by atoms with Gasteiger partial charge in [0.25, 0.3) is 0 Å². The summed E-state index contributed by atoms with van der Waals surface area (Å²) in [4.78, 5) is 146. The van der Waals surface area contributed by atoms with E-state index >= 15 is 0 Å². The number of carbonyl (C=O) groups excluding carboxylic acids is 10. The summed E-state index contributed by atoms with van der Waals surface area (Å²) in [6.45, 7) is 15.6. The molecule has 0 aromatic heterocycles. The summed E-state index contributed by atoms with van der Waals surface area (Å²) >= 11 is 1.18. The summed E-state index contributed by atoms with van der Waals surface area (Å²) < 4.78 is 11.7. The Morgan fingerprint density at radius 1 is 0.402 bits per heavy atom. The third-order valence-electron chi connectivity index (χ3n) is 18.1. The lowest BCUT2D eigenvalue weighted by atomic mass is 9.91. The molecule has 0 aromatic rings. The highest BCUT2D eigenvalue weighted by Crippen LogP contribution is 2.23. The first kappa shape index (κ1) is 92.1. The number of unbranched alkanes of at least 4 members (excludes halogenated alkanes) is 26. The van der Waals surface area contributed by atoms with Crippen LogP contribution in [-0.2, 0) is 62.2 Å². The minimum Gasteiger partial charge on any atom is -0.481 e. The van der Waals surface area contributed by atoms with Crippen LogP contribution in [0.5, 0.6) is 0 Å². The average molecular weight is 1390 g/mol. The first-order valence-electron chi connectivity index (χ1n) is 38.1. The Morgan fingerprint density at radius 3 is 1.26 bits per heavy atom. The highest BCUT2D eigenvalue weighted by Gasteiger charge is 2.34. The van der Waals surface area contributed by atoms with Crippen molar-refractivity contribution in [3.05, 3.63) is 0 Å². The summed E-state index contributed by atoms with van der Waals surface area (Å²) in [5.74, 6) is -9.71. The summed E-state index contributed by atoms with van der Waals surface area (Å²) in [7, 11) is 0. The Morgan fingerprint density at radius 2 is 0.814 bits per heavy atom. The number of thioether (sulfide) groups is 1. The first-order chi connectivity index (χ1) is 46.3. The van der Waals surface area contributed by atoms with Crippen molar-refractivity contribution in [2.45, 2.75) is 356 Å². The van der Waals surface area contributed by atoms with E-state index in [1.54, 1.807) is 0 Å². The van der Waals surface area contributed by atoms with E-state index in [1.165, 1.54) is 115 Å². The van der Waals surface area contributed by atoms with Gasteiger partial charge in [-0.15, -0.1) is 0 Å². The van der Waals surface area contributed by atoms with Crippen LogP contribution in [0.15, 0.2) is 0 Å². The van der Waals surface area contributed by atoms with Crippen molar-refractivity contribution in [2.24, 2.45) is 47.0 Å². The number of hydrogen-bond acceptors (Lipinski definition) is 15. The molecule has 2 unspecified atom stereocenters. The van der Waals surface area contributed by atoms with Gasteiger partial charge in [-0.25, -0.2) is 0 Å². The second kappa shape index (κ2) is 59.9. The number of hydrogen-bond donors (Lipinski definition) is 7. The molecule has 97 heavy (non-hydrogen) atoms. The van der Waals surface area contributed by atoms with E-state index in [0.29, 0.717) is 31.6 Å². The predicted octanol–water partition coefficient (Wildman–Crippen LogP) is 14.0. The minimum absolute atomic E-state index is 0.0693. The number of nitrogens with two attached hydrogens (primary N) is 2. The highest BCUT2D eigenvalue weighted by atomic mass is 32.2. The first-order valence-corrected chi connectivity index (χ1v) is 39.3. The van der Waals surface area contributed by atoms with Crippen LogP contribution in [-0.4, -0.2) is 124 Å². The maximum absolute atomic E-state index is 14.5. The zero-order valence-corrected chi connectivity index (χ0v) is 62.6. The maximum atomic E-state index is 14.5. The molecule has 0 aromatic carbocycles. The van der Waals surface area contributed by atoms with Gasteiger partial charge in [0.15, 0.2) is 17.3 Å². The number of primary amides is 2. The molecule has 7 atom stereocenters. The maximum Gasteiger partial charge on any atom is 0.306 e. The number of aliphatic hydroxyl groups is 1. The van der Waals surface area contributed by atoms with Crippen LogP contribution >= 0.6 is 11.8 Å². The highest BCUT2D eigenvalue weighted by molar-refractivity contribution is 7.99. The van der Waals surface area contributed by atoms with Crippen LogP contribution in [0.3, 0.4) is 0 Å². The molecule has 20 nitrogen and oxygen atoms in total. The van der Waals surface area contributed by atoms with Crippen LogP contribution in [0.25, 0.3) is 0 Å². The van der Waals surface area contributed by atoms with Crippen molar-refractivity contribution in [3.8, 4) is 0 Å². The molecule has 21 heteroatoms. The molecular formula is C76H137N5O15S. The van der Waals surface area contributed by atoms with Gasteiger partial charge >= 0.3 is 17.9 Å². The van der Waals surface area contributed by atoms with Crippen LogP contribution in [0.4, 0.5) is 0 Å². The second-order valence-corrected chi connectivity index (χ2v) is 30.0. The summed E-state index contributed by atoms with van der Waals surface area (Å²) in [6.07, 6.45) is 31.7. The average Bonchev–Trinajstić information content (AvgIpc) is 0.956. The fraction of sp³-hybridized carbons (Fsp3) is 0.855. The standard InChI is InChI=1S/C76H137N5O15S/c1-9-10-32-42-61(76(93)94)49-66(83)59(8)79-74(91)60(46-47-69(77)86)48-67(84)64(52-82)81-75(92)62(51-70(78)87)50-68(85)65(80-71(88)43-36-29-23-17-11-14-20-26-33-39-56(2)3)55-97-54-63(96-73(90)45-38-31-25-19-13-16-22-28-35-41-58(6)7)53-95-72(89)44-37-30-24-18-12-15-21-27-34-40-57(4)5/h56-65,82H,9-55H2,1-8H3,(H2,77,86)(H2,78,87)(H,79,91)(H,80,88)(H,81,92)(H,93,94)/t59-,60+,61+,62-,63?,64-,65?/m1/s1. The van der Waals surface area contributed by atoms with Crippen molar-refractivity contribution in [3.63, 3.8) is 0 Å². The lowest BCUT2D eigenvalue weighted by Gasteiger charge is -2.24. The molecule has 0 aliphatic carbocycles. The molecule has 562 valence electrons. The Bertz CT molecular complexity index is 2200. The number of aliphatic carboxylic acids is 1. The van der Waals surface area contributed by atoms with Gasteiger partial charge in [-0.3, -0.25) is 52.7 Å². The van der Waals surface area contributed by atoms with E-state index in [2.05, 4.69) is 57.5 Å². The zero-order valence-electron chi connectivity index (χ0n) is 61.8. The summed E-state index contributed by atoms with van der Waals surface area (Å²) in [5, 5.41) is 28.0. The number of aliphatic hydroxyl groups excluding tert-OH is 1. The van der Waals surface area contributed by atoms with Crippen molar-refractivity contribution in [1.29, 1.82) is 0 Å². The summed E-state index contributed by atoms with van der Waals surface area (Å²) in [6, 6.07) is -4.09. The number of rotatable bonds is 68. The van der Waals surface area contributed by atoms with Gasteiger partial charge < -0.3 is 47.1 Å². The Hall–Kier alpha value is -4.92. The van der Waals surface area contributed by atoms with E-state index in [4.69, 9.17) is 20.9 Å². The Kier molecular flexibility index (Phi) is 56.9. The van der Waals surface area contributed by atoms with Gasteiger partial charge in [-0.1, -0.05) is 241 Å². The van der Waals surface area contributed by atoms with Crippen LogP contribution in [0.2, 0.25) is 0 Å². The van der Waals surface area contributed by atoms with Crippen molar-refractivity contribution < 1.29 is 72.4 Å². The van der Waals surface area contributed by atoms with E-state index in [9.17, 15) is 63.0 Å². The molecule has 0 heterocycles. The monoisotopic (exact) mass is 1390 g/mol. The number of Topliss-reactive ketones (excluding diaryl/α,β-unsaturated/α-hetero) is 3. The minimum atomic E-state index is -1.68. The molecule has 9 N–H and O–H groups in total. The normalized spacial score (nSPS) is 13.7. The fourth-order valence-corrected chi connectivity index (χ4v) is 12.9. The van der Waals surface area contributed by atoms with E-state index in [0.717, 1.165) is 102 Å². The van der Waals surface area contributed by atoms with Crippen LogP contribution in [0.1, 0.15) is 331 Å². The van der Waals surface area contributed by atoms with Gasteiger partial charge in [0.2, 0.25) is 29.5 Å². The van der Waals surface area contributed by atoms with Crippen LogP contribution in [0, 0.1) is 35.5 Å². The van der Waals surface area contributed by atoms with Gasteiger partial charge in [0, 0.05) is 68.8 Å². The zero-order chi connectivity index (χ0) is 72.6. The molecule has 0 spiro atoms. The number of carbonyl (C=O) groups is 11. The molecule has 5 amide bonds. The van der Waals surface area contributed by atoms with E-state index in [-0.39, 0.29) is 63.1 Å². The van der Waals surface area contributed by atoms with Crippen LogP contribution < -0.4 is 27.4 Å². The van der Waals surface area contributed by atoms with E-state index < -0.39 is 133 Å². The molecule has 0 radical (unpaired) electrons. The Balaban J connectivity index is 6.46. The molecular weight excluding hydrogens is 1250 g/mol. The molecule has 0 saturated carbocycles.